The Bertz CT molecular complexity index is 362. The van der Waals surface area contributed by atoms with Gasteiger partial charge < -0.3 is 4.85 Å². The molecule has 0 saturated heterocycles. The van der Waals surface area contributed by atoms with Gasteiger partial charge in [0.2, 0.25) is 6.54 Å². The molecule has 0 heterocycles. The van der Waals surface area contributed by atoms with Gasteiger partial charge in [0, 0.05) is 24.0 Å². The molecule has 2 nitrogen and oxygen atoms in total. The van der Waals surface area contributed by atoms with E-state index in [1.807, 2.05) is 0 Å². The van der Waals surface area contributed by atoms with Crippen LogP contribution in [0.3, 0.4) is 0 Å². The van der Waals surface area contributed by atoms with Gasteiger partial charge in [0.25, 0.3) is 0 Å². The zero-order valence-corrected chi connectivity index (χ0v) is 9.29. The predicted molar refractivity (Wildman–Crippen MR) is 64.9 cm³/mol. The molecular weight excluding hydrogens is 196 g/mol. The summed E-state index contributed by atoms with van der Waals surface area (Å²) in [4.78, 5) is 3.27. The molecule has 0 saturated carbocycles. The molecule has 0 aliphatic rings. The highest BCUT2D eigenvalue weighted by Crippen LogP contribution is 2.15. The quantitative estimate of drug-likeness (QED) is 0.376. The minimum atomic E-state index is 0.473. The normalized spacial score (nSPS) is 10.2. The van der Waals surface area contributed by atoms with Gasteiger partial charge in [0.15, 0.2) is 0 Å². The summed E-state index contributed by atoms with van der Waals surface area (Å²) in [6.45, 7) is 7.15. The number of allylic oxidation sites excluding steroid dienone is 2. The Hall–Kier alpha value is -2.16. The minimum absolute atomic E-state index is 0.473. The van der Waals surface area contributed by atoms with Crippen LogP contribution in [0, 0.1) is 42.6 Å². The van der Waals surface area contributed by atoms with E-state index in [0.29, 0.717) is 25.8 Å². The Morgan fingerprint density at radius 2 is 1.69 bits per heavy atom. The number of nitriles is 1. The van der Waals surface area contributed by atoms with Crippen molar-refractivity contribution in [1.82, 2.24) is 0 Å². The lowest BCUT2D eigenvalue weighted by Crippen LogP contribution is -1.91. The fraction of sp³-hybridized carbons (Fsp3) is 0.429. The lowest BCUT2D eigenvalue weighted by Gasteiger charge is -2.03. The Morgan fingerprint density at radius 1 is 1.12 bits per heavy atom. The predicted octanol–water partition coefficient (Wildman–Crippen LogP) is 2.94. The van der Waals surface area contributed by atoms with Crippen LogP contribution in [0.4, 0.5) is 0 Å². The van der Waals surface area contributed by atoms with Crippen molar-refractivity contribution in [2.75, 3.05) is 6.54 Å². The van der Waals surface area contributed by atoms with Crippen LogP contribution in [0.15, 0.2) is 11.1 Å². The third-order valence-electron chi connectivity index (χ3n) is 2.12. The van der Waals surface area contributed by atoms with Crippen LogP contribution in [0.1, 0.15) is 32.1 Å². The standard InChI is InChI=1S/C14H14N2/c1-4-13(9-6-7-11-15)14(5-2)10-8-12-16-3/h1-2H,6-10,12H2/b14-13+. The summed E-state index contributed by atoms with van der Waals surface area (Å²) >= 11 is 0. The molecule has 0 N–H and O–H groups in total. The highest BCUT2D eigenvalue weighted by Gasteiger charge is 2.03. The first kappa shape index (κ1) is 13.8. The lowest BCUT2D eigenvalue weighted by atomic mass is 10.00. The minimum Gasteiger partial charge on any atom is -0.317 e. The van der Waals surface area contributed by atoms with Crippen LogP contribution < -0.4 is 0 Å². The highest BCUT2D eigenvalue weighted by molar-refractivity contribution is 5.40. The average Bonchev–Trinajstić information content (AvgIpc) is 2.31. The molecule has 0 aromatic heterocycles. The second-order valence-corrected chi connectivity index (χ2v) is 3.24. The molecule has 0 aliphatic heterocycles. The number of hydrogen-bond acceptors (Lipinski definition) is 1. The molecule has 16 heavy (non-hydrogen) atoms. The van der Waals surface area contributed by atoms with E-state index in [4.69, 9.17) is 24.7 Å². The van der Waals surface area contributed by atoms with Crippen molar-refractivity contribution in [2.24, 2.45) is 0 Å². The van der Waals surface area contributed by atoms with Gasteiger partial charge in [-0.15, -0.1) is 12.8 Å². The van der Waals surface area contributed by atoms with Crippen molar-refractivity contribution < 1.29 is 0 Å². The molecule has 0 bridgehead atoms. The van der Waals surface area contributed by atoms with Crippen LogP contribution in [-0.2, 0) is 0 Å². The van der Waals surface area contributed by atoms with Gasteiger partial charge in [0.1, 0.15) is 0 Å². The molecule has 0 radical (unpaired) electrons. The van der Waals surface area contributed by atoms with Crippen LogP contribution in [0.25, 0.3) is 4.85 Å². The maximum Gasteiger partial charge on any atom is 0.215 e. The molecule has 2 heteroatoms. The third kappa shape index (κ3) is 5.54. The summed E-state index contributed by atoms with van der Waals surface area (Å²) in [7, 11) is 0. The van der Waals surface area contributed by atoms with E-state index in [1.165, 1.54) is 0 Å². The van der Waals surface area contributed by atoms with Gasteiger partial charge in [0.05, 0.1) is 6.07 Å². The first-order valence-electron chi connectivity index (χ1n) is 5.15. The second kappa shape index (κ2) is 9.40. The fourth-order valence-corrected chi connectivity index (χ4v) is 1.30. The van der Waals surface area contributed by atoms with Crippen LogP contribution in [0.5, 0.6) is 0 Å². The number of hydrogen-bond donors (Lipinski definition) is 0. The Morgan fingerprint density at radius 3 is 2.12 bits per heavy atom. The number of nitrogens with zero attached hydrogens (tertiary/aromatic N) is 2. The monoisotopic (exact) mass is 210 g/mol. The van der Waals surface area contributed by atoms with Crippen molar-refractivity contribution in [1.29, 1.82) is 5.26 Å². The third-order valence-corrected chi connectivity index (χ3v) is 2.12. The van der Waals surface area contributed by atoms with Crippen LogP contribution in [-0.4, -0.2) is 6.54 Å². The smallest absolute Gasteiger partial charge is 0.215 e. The molecule has 0 fully saturated rings. The van der Waals surface area contributed by atoms with Gasteiger partial charge in [-0.3, -0.25) is 0 Å². The van der Waals surface area contributed by atoms with E-state index in [-0.39, 0.29) is 0 Å². The summed E-state index contributed by atoms with van der Waals surface area (Å²) < 4.78 is 0. The zero-order chi connectivity index (χ0) is 12.2. The van der Waals surface area contributed by atoms with Gasteiger partial charge >= 0.3 is 0 Å². The van der Waals surface area contributed by atoms with Crippen molar-refractivity contribution >= 4 is 0 Å². The maximum absolute atomic E-state index is 8.43. The summed E-state index contributed by atoms with van der Waals surface area (Å²) in [5.41, 5.74) is 1.62. The van der Waals surface area contributed by atoms with Crippen molar-refractivity contribution in [2.45, 2.75) is 32.1 Å². The molecule has 0 spiro atoms. The van der Waals surface area contributed by atoms with E-state index >= 15 is 0 Å². The van der Waals surface area contributed by atoms with Gasteiger partial charge in [-0.25, -0.2) is 6.57 Å². The largest absolute Gasteiger partial charge is 0.317 e. The summed E-state index contributed by atoms with van der Waals surface area (Å²) in [6.07, 6.45) is 14.1. The molecule has 0 atom stereocenters. The Kier molecular flexibility index (Phi) is 8.13. The Labute approximate surface area is 97.8 Å². The van der Waals surface area contributed by atoms with E-state index < -0.39 is 0 Å². The molecule has 0 aromatic carbocycles. The fourth-order valence-electron chi connectivity index (χ4n) is 1.30. The van der Waals surface area contributed by atoms with Gasteiger partial charge in [-0.1, -0.05) is 11.8 Å². The highest BCUT2D eigenvalue weighted by atomic mass is 14.6. The van der Waals surface area contributed by atoms with Crippen molar-refractivity contribution in [3.63, 3.8) is 0 Å². The lowest BCUT2D eigenvalue weighted by molar-refractivity contribution is 0.832. The molecule has 0 aromatic rings. The van der Waals surface area contributed by atoms with Gasteiger partial charge in [-0.2, -0.15) is 5.26 Å². The average molecular weight is 210 g/mol. The Balaban J connectivity index is 4.44. The first-order valence-corrected chi connectivity index (χ1v) is 5.15. The van der Waals surface area contributed by atoms with Gasteiger partial charge in [-0.05, 0) is 19.3 Å². The number of rotatable bonds is 6. The van der Waals surface area contributed by atoms with E-state index in [1.54, 1.807) is 0 Å². The molecular formula is C14H14N2. The number of unbranched alkanes of at least 4 members (excludes halogenated alkanes) is 1. The maximum atomic E-state index is 8.43. The molecule has 0 aliphatic carbocycles. The second-order valence-electron chi connectivity index (χ2n) is 3.24. The summed E-state index contributed by atoms with van der Waals surface area (Å²) in [6, 6.07) is 2.07. The van der Waals surface area contributed by atoms with Crippen molar-refractivity contribution in [3.8, 4) is 30.8 Å². The first-order chi connectivity index (χ1) is 7.79. The summed E-state index contributed by atoms with van der Waals surface area (Å²) in [5.74, 6) is 5.18. The van der Waals surface area contributed by atoms with E-state index in [2.05, 4.69) is 22.8 Å². The van der Waals surface area contributed by atoms with E-state index in [9.17, 15) is 0 Å². The molecule has 80 valence electrons. The van der Waals surface area contributed by atoms with Crippen LogP contribution >= 0.6 is 0 Å². The topological polar surface area (TPSA) is 28.1 Å². The molecule has 0 rings (SSSR count). The molecule has 0 amide bonds. The zero-order valence-electron chi connectivity index (χ0n) is 9.29. The molecule has 0 unspecified atom stereocenters. The SMILES string of the molecule is [C-]#[N+]CCC/C(C#C)=C(\C#C)CCCC#N. The van der Waals surface area contributed by atoms with Crippen LogP contribution in [0.2, 0.25) is 0 Å². The van der Waals surface area contributed by atoms with Crippen molar-refractivity contribution in [3.05, 3.63) is 22.6 Å². The number of terminal acetylenes is 2. The van der Waals surface area contributed by atoms with E-state index in [0.717, 1.165) is 24.0 Å². The summed E-state index contributed by atoms with van der Waals surface area (Å²) in [5, 5.41) is 8.43.